The van der Waals surface area contributed by atoms with Crippen LogP contribution < -0.4 is 10.4 Å². The van der Waals surface area contributed by atoms with Gasteiger partial charge in [-0.05, 0) is 51.7 Å². The van der Waals surface area contributed by atoms with Gasteiger partial charge in [0.25, 0.3) is 0 Å². The van der Waals surface area contributed by atoms with Crippen LogP contribution in [0.15, 0.2) is 12.1 Å². The molecule has 130 valence electrons. The molecule has 5 heteroatoms. The predicted molar refractivity (Wildman–Crippen MR) is 97.9 cm³/mol. The molecule has 1 saturated heterocycles. The molecule has 0 atom stereocenters. The number of nitrogens with zero attached hydrogens (tertiary/aromatic N) is 1. The molecule has 0 bridgehead atoms. The van der Waals surface area contributed by atoms with Gasteiger partial charge in [0.1, 0.15) is 0 Å². The van der Waals surface area contributed by atoms with Crippen molar-refractivity contribution in [3.63, 3.8) is 0 Å². The van der Waals surface area contributed by atoms with E-state index in [1.807, 2.05) is 7.05 Å². The molecule has 0 aliphatic carbocycles. The van der Waals surface area contributed by atoms with Crippen LogP contribution in [-0.2, 0) is 19.5 Å². The molecule has 0 N–H and O–H groups in total. The van der Waals surface area contributed by atoms with Gasteiger partial charge < -0.3 is 14.2 Å². The van der Waals surface area contributed by atoms with Gasteiger partial charge in [0.2, 0.25) is 5.91 Å². The van der Waals surface area contributed by atoms with Crippen molar-refractivity contribution in [1.29, 1.82) is 0 Å². The van der Waals surface area contributed by atoms with Crippen molar-refractivity contribution in [2.45, 2.75) is 71.5 Å². The summed E-state index contributed by atoms with van der Waals surface area (Å²) in [6, 6.07) is 4.27. The van der Waals surface area contributed by atoms with Crippen molar-refractivity contribution in [2.75, 3.05) is 11.9 Å². The van der Waals surface area contributed by atoms with Gasteiger partial charge in [-0.2, -0.15) is 0 Å². The summed E-state index contributed by atoms with van der Waals surface area (Å²) in [5, 5.41) is 0. The van der Waals surface area contributed by atoms with Gasteiger partial charge in [-0.3, -0.25) is 4.79 Å². The Morgan fingerprint density at radius 3 is 2.12 bits per heavy atom. The smallest absolute Gasteiger partial charge is 0.399 e. The van der Waals surface area contributed by atoms with E-state index in [0.717, 1.165) is 16.7 Å². The Morgan fingerprint density at radius 1 is 1.04 bits per heavy atom. The molecule has 0 aromatic heterocycles. The number of anilines is 1. The van der Waals surface area contributed by atoms with Gasteiger partial charge in [-0.1, -0.05) is 25.5 Å². The quantitative estimate of drug-likeness (QED) is 0.744. The zero-order chi connectivity index (χ0) is 18.1. The Kier molecular flexibility index (Phi) is 3.71. The highest BCUT2D eigenvalue weighted by molar-refractivity contribution is 6.62. The SMILES string of the molecule is Cc1cc2c(cc1B1OC(C)(C)C(C)(C)O1)N(C)C(=O)CC2(C)C. The highest BCUT2D eigenvalue weighted by Crippen LogP contribution is 2.41. The van der Waals surface area contributed by atoms with E-state index in [4.69, 9.17) is 9.31 Å². The second kappa shape index (κ2) is 5.09. The van der Waals surface area contributed by atoms with Crippen LogP contribution in [0.4, 0.5) is 5.69 Å². The number of amides is 1. The number of carbonyl (C=O) groups excluding carboxylic acids is 1. The minimum atomic E-state index is -0.408. The van der Waals surface area contributed by atoms with Crippen molar-refractivity contribution in [1.82, 2.24) is 0 Å². The van der Waals surface area contributed by atoms with Gasteiger partial charge >= 0.3 is 7.12 Å². The first-order valence-electron chi connectivity index (χ1n) is 8.63. The molecular formula is C19H28BNO3. The largest absolute Gasteiger partial charge is 0.495 e. The Bertz CT molecular complexity index is 693. The van der Waals surface area contributed by atoms with Crippen molar-refractivity contribution in [3.8, 4) is 0 Å². The molecule has 1 amide bonds. The fourth-order valence-corrected chi connectivity index (χ4v) is 3.48. The summed E-state index contributed by atoms with van der Waals surface area (Å²) >= 11 is 0. The molecule has 24 heavy (non-hydrogen) atoms. The maximum atomic E-state index is 12.4. The minimum Gasteiger partial charge on any atom is -0.399 e. The fourth-order valence-electron chi connectivity index (χ4n) is 3.48. The Labute approximate surface area is 145 Å². The first-order valence-corrected chi connectivity index (χ1v) is 8.63. The number of hydrogen-bond acceptors (Lipinski definition) is 3. The molecule has 2 aliphatic rings. The van der Waals surface area contributed by atoms with E-state index in [-0.39, 0.29) is 22.5 Å². The third-order valence-electron chi connectivity index (χ3n) is 5.95. The molecule has 1 fully saturated rings. The second-order valence-electron chi connectivity index (χ2n) is 8.83. The summed E-state index contributed by atoms with van der Waals surface area (Å²) < 4.78 is 12.4. The van der Waals surface area contributed by atoms with Crippen molar-refractivity contribution >= 4 is 24.2 Å². The van der Waals surface area contributed by atoms with Crippen molar-refractivity contribution in [2.24, 2.45) is 0 Å². The standard InChI is InChI=1S/C19H28BNO3/c1-12-9-13-15(21(8)16(22)11-17(13,2)3)10-14(12)20-23-18(4,5)19(6,7)24-20/h9-10H,11H2,1-8H3. The van der Waals surface area contributed by atoms with Gasteiger partial charge in [0.05, 0.1) is 11.2 Å². The lowest BCUT2D eigenvalue weighted by atomic mass is 9.70. The molecule has 0 unspecified atom stereocenters. The number of carbonyl (C=O) groups is 1. The summed E-state index contributed by atoms with van der Waals surface area (Å²) in [6.45, 7) is 14.6. The lowest BCUT2D eigenvalue weighted by molar-refractivity contribution is -0.119. The third kappa shape index (κ3) is 2.49. The maximum absolute atomic E-state index is 12.4. The monoisotopic (exact) mass is 329 g/mol. The lowest BCUT2D eigenvalue weighted by Gasteiger charge is -2.37. The number of benzene rings is 1. The van der Waals surface area contributed by atoms with Gasteiger partial charge in [-0.25, -0.2) is 0 Å². The van der Waals surface area contributed by atoms with Gasteiger partial charge in [0.15, 0.2) is 0 Å². The van der Waals surface area contributed by atoms with Crippen LogP contribution in [0, 0.1) is 6.92 Å². The molecule has 4 nitrogen and oxygen atoms in total. The topological polar surface area (TPSA) is 38.8 Å². The van der Waals surface area contributed by atoms with Crippen LogP contribution in [0.2, 0.25) is 0 Å². The summed E-state index contributed by atoms with van der Waals surface area (Å²) in [6.07, 6.45) is 0.534. The third-order valence-corrected chi connectivity index (χ3v) is 5.95. The molecule has 2 aliphatic heterocycles. The number of aryl methyl sites for hydroxylation is 1. The molecule has 0 saturated carbocycles. The van der Waals surface area contributed by atoms with Crippen LogP contribution >= 0.6 is 0 Å². The molecule has 3 rings (SSSR count). The van der Waals surface area contributed by atoms with Gasteiger partial charge in [0, 0.05) is 24.6 Å². The highest BCUT2D eigenvalue weighted by Gasteiger charge is 2.52. The molecule has 1 aromatic carbocycles. The fraction of sp³-hybridized carbons (Fsp3) is 0.632. The summed E-state index contributed by atoms with van der Waals surface area (Å²) in [5.74, 6) is 0.149. The van der Waals surface area contributed by atoms with E-state index in [0.29, 0.717) is 6.42 Å². The molecular weight excluding hydrogens is 301 g/mol. The number of fused-ring (bicyclic) bond motifs is 1. The first-order chi connectivity index (χ1) is 10.9. The van der Waals surface area contributed by atoms with Crippen LogP contribution in [0.5, 0.6) is 0 Å². The lowest BCUT2D eigenvalue weighted by Crippen LogP contribution is -2.43. The van der Waals surface area contributed by atoms with E-state index in [1.165, 1.54) is 5.56 Å². The van der Waals surface area contributed by atoms with Crippen LogP contribution in [0.1, 0.15) is 59.1 Å². The van der Waals surface area contributed by atoms with Crippen LogP contribution in [0.25, 0.3) is 0 Å². The average molecular weight is 329 g/mol. The van der Waals surface area contributed by atoms with E-state index in [1.54, 1.807) is 4.90 Å². The minimum absolute atomic E-state index is 0.149. The second-order valence-corrected chi connectivity index (χ2v) is 8.83. The van der Waals surface area contributed by atoms with E-state index < -0.39 is 7.12 Å². The number of hydrogen-bond donors (Lipinski definition) is 0. The Morgan fingerprint density at radius 2 is 1.58 bits per heavy atom. The number of rotatable bonds is 1. The summed E-state index contributed by atoms with van der Waals surface area (Å²) in [7, 11) is 1.44. The summed E-state index contributed by atoms with van der Waals surface area (Å²) in [4.78, 5) is 14.1. The highest BCUT2D eigenvalue weighted by atomic mass is 16.7. The van der Waals surface area contributed by atoms with Crippen molar-refractivity contribution in [3.05, 3.63) is 23.3 Å². The molecule has 0 spiro atoms. The molecule has 0 radical (unpaired) electrons. The van der Waals surface area contributed by atoms with E-state index >= 15 is 0 Å². The van der Waals surface area contributed by atoms with Crippen LogP contribution in [0.3, 0.4) is 0 Å². The molecule has 1 aromatic rings. The Balaban J connectivity index is 2.09. The van der Waals surface area contributed by atoms with Crippen molar-refractivity contribution < 1.29 is 14.1 Å². The van der Waals surface area contributed by atoms with Crippen LogP contribution in [-0.4, -0.2) is 31.3 Å². The van der Waals surface area contributed by atoms with Gasteiger partial charge in [-0.15, -0.1) is 0 Å². The Hall–Kier alpha value is -1.33. The first kappa shape index (κ1) is 17.5. The zero-order valence-electron chi connectivity index (χ0n) is 16.1. The van der Waals surface area contributed by atoms with E-state index in [2.05, 4.69) is 60.6 Å². The maximum Gasteiger partial charge on any atom is 0.495 e. The molecule has 2 heterocycles. The zero-order valence-corrected chi connectivity index (χ0v) is 16.1. The predicted octanol–water partition coefficient (Wildman–Crippen LogP) is 2.94. The average Bonchev–Trinajstić information content (AvgIpc) is 2.64. The normalized spacial score (nSPS) is 24.2. The summed E-state index contributed by atoms with van der Waals surface area (Å²) in [5.41, 5.74) is 3.42. The van der Waals surface area contributed by atoms with E-state index in [9.17, 15) is 4.79 Å².